The van der Waals surface area contributed by atoms with E-state index in [1.807, 2.05) is 0 Å². The predicted octanol–water partition coefficient (Wildman–Crippen LogP) is 4.39. The van der Waals surface area contributed by atoms with Crippen LogP contribution in [0.2, 0.25) is 5.02 Å². The first-order valence-electron chi connectivity index (χ1n) is 10.3. The average Bonchev–Trinajstić information content (AvgIpc) is 3.08. The largest absolute Gasteiger partial charge is 0.364 e. The van der Waals surface area contributed by atoms with Crippen LogP contribution in [0, 0.1) is 42.6 Å². The Morgan fingerprint density at radius 1 is 1.11 bits per heavy atom. The van der Waals surface area contributed by atoms with Crippen LogP contribution in [0.3, 0.4) is 0 Å². The van der Waals surface area contributed by atoms with Crippen LogP contribution in [0.5, 0.6) is 0 Å². The first-order valence-corrected chi connectivity index (χ1v) is 10.7. The summed E-state index contributed by atoms with van der Waals surface area (Å²) in [7, 11) is 0. The van der Waals surface area contributed by atoms with Gasteiger partial charge in [-0.3, -0.25) is 14.3 Å². The fraction of sp³-hybridized carbons (Fsp3) is 0.125. The van der Waals surface area contributed by atoms with E-state index in [2.05, 4.69) is 15.4 Å². The lowest BCUT2D eigenvalue weighted by Gasteiger charge is -2.11. The standard InChI is InChI=1S/C24H16ClF3N6O2/c1-10-22(11(2)34(33-10)9-15-17(26)3-12(8-29)4-18(15)27)32-24(36)14-6-21(23(30)35)31-20-7-19(28)16(25)5-13(14)20/h3-7H,9H2,1-2H3,(H2,30,35)(H,32,36). The molecule has 0 aliphatic carbocycles. The number of halogens is 4. The zero-order valence-corrected chi connectivity index (χ0v) is 19.5. The first-order chi connectivity index (χ1) is 17.0. The van der Waals surface area contributed by atoms with E-state index in [-0.39, 0.29) is 50.5 Å². The molecule has 2 aromatic heterocycles. The Bertz CT molecular complexity index is 1600. The van der Waals surface area contributed by atoms with Crippen molar-refractivity contribution in [1.29, 1.82) is 5.26 Å². The molecule has 0 bridgehead atoms. The molecule has 36 heavy (non-hydrogen) atoms. The molecule has 0 fully saturated rings. The maximum atomic E-state index is 14.4. The lowest BCUT2D eigenvalue weighted by Crippen LogP contribution is -2.18. The molecule has 2 heterocycles. The minimum Gasteiger partial charge on any atom is -0.364 e. The monoisotopic (exact) mass is 512 g/mol. The molecule has 0 unspecified atom stereocenters. The number of carbonyl (C=O) groups is 2. The number of aryl methyl sites for hydroxylation is 1. The smallest absolute Gasteiger partial charge is 0.267 e. The van der Waals surface area contributed by atoms with E-state index in [0.29, 0.717) is 11.4 Å². The SMILES string of the molecule is Cc1nn(Cc2c(F)cc(C#N)cc2F)c(C)c1NC(=O)c1cc(C(N)=O)nc2cc(F)c(Cl)cc12. The third-order valence-corrected chi connectivity index (χ3v) is 5.84. The van der Waals surface area contributed by atoms with Crippen LogP contribution < -0.4 is 11.1 Å². The van der Waals surface area contributed by atoms with E-state index < -0.39 is 29.3 Å². The number of nitriles is 1. The van der Waals surface area contributed by atoms with Gasteiger partial charge in [0.25, 0.3) is 11.8 Å². The molecule has 0 aliphatic heterocycles. The zero-order chi connectivity index (χ0) is 26.3. The molecular formula is C24H16ClF3N6O2. The van der Waals surface area contributed by atoms with Gasteiger partial charge in [-0.15, -0.1) is 0 Å². The number of primary amides is 1. The highest BCUT2D eigenvalue weighted by molar-refractivity contribution is 6.31. The number of hydrogen-bond donors (Lipinski definition) is 2. The lowest BCUT2D eigenvalue weighted by molar-refractivity contribution is 0.0996. The van der Waals surface area contributed by atoms with Gasteiger partial charge in [-0.1, -0.05) is 11.6 Å². The molecule has 0 aliphatic rings. The summed E-state index contributed by atoms with van der Waals surface area (Å²) in [6.07, 6.45) is 0. The summed E-state index contributed by atoms with van der Waals surface area (Å²) in [5.74, 6) is -4.23. The molecule has 182 valence electrons. The highest BCUT2D eigenvalue weighted by Crippen LogP contribution is 2.28. The van der Waals surface area contributed by atoms with Crippen molar-refractivity contribution in [1.82, 2.24) is 14.8 Å². The minimum absolute atomic E-state index is 0.00532. The van der Waals surface area contributed by atoms with Gasteiger partial charge in [0.05, 0.1) is 51.4 Å². The number of benzene rings is 2. The van der Waals surface area contributed by atoms with Crippen molar-refractivity contribution in [3.8, 4) is 6.07 Å². The van der Waals surface area contributed by atoms with Gasteiger partial charge < -0.3 is 11.1 Å². The molecule has 8 nitrogen and oxygen atoms in total. The molecule has 4 aromatic rings. The van der Waals surface area contributed by atoms with Gasteiger partial charge in [0.1, 0.15) is 23.1 Å². The summed E-state index contributed by atoms with van der Waals surface area (Å²) >= 11 is 5.88. The minimum atomic E-state index is -0.923. The van der Waals surface area contributed by atoms with Crippen LogP contribution in [0.25, 0.3) is 10.9 Å². The second kappa shape index (κ2) is 9.31. The Balaban J connectivity index is 1.72. The van der Waals surface area contributed by atoms with Gasteiger partial charge in [-0.05, 0) is 38.1 Å². The average molecular weight is 513 g/mol. The Kier molecular flexibility index (Phi) is 6.39. The predicted molar refractivity (Wildman–Crippen MR) is 125 cm³/mol. The Labute approximate surface area is 207 Å². The van der Waals surface area contributed by atoms with Crippen molar-refractivity contribution in [3.05, 3.63) is 86.6 Å². The highest BCUT2D eigenvalue weighted by atomic mass is 35.5. The molecule has 3 N–H and O–H groups in total. The van der Waals surface area contributed by atoms with E-state index in [0.717, 1.165) is 24.3 Å². The molecule has 2 amide bonds. The molecule has 12 heteroatoms. The molecular weight excluding hydrogens is 497 g/mol. The molecule has 0 saturated heterocycles. The number of pyridine rings is 1. The first kappa shape index (κ1) is 24.7. The molecule has 0 spiro atoms. The number of hydrogen-bond acceptors (Lipinski definition) is 5. The number of carbonyl (C=O) groups excluding carboxylic acids is 2. The van der Waals surface area contributed by atoms with E-state index >= 15 is 0 Å². The van der Waals surface area contributed by atoms with Crippen LogP contribution in [0.1, 0.15) is 43.4 Å². The number of nitrogens with two attached hydrogens (primary N) is 1. The van der Waals surface area contributed by atoms with Gasteiger partial charge in [0, 0.05) is 17.0 Å². The lowest BCUT2D eigenvalue weighted by atomic mass is 10.1. The van der Waals surface area contributed by atoms with E-state index in [4.69, 9.17) is 22.6 Å². The summed E-state index contributed by atoms with van der Waals surface area (Å²) in [5, 5.41) is 15.7. The number of fused-ring (bicyclic) bond motifs is 1. The van der Waals surface area contributed by atoms with Gasteiger partial charge in [-0.25, -0.2) is 18.2 Å². The second-order valence-electron chi connectivity index (χ2n) is 7.89. The van der Waals surface area contributed by atoms with E-state index in [9.17, 15) is 22.8 Å². The topological polar surface area (TPSA) is 127 Å². The maximum Gasteiger partial charge on any atom is 0.267 e. The number of anilines is 1. The number of amides is 2. The van der Waals surface area contributed by atoms with Gasteiger partial charge in [0.15, 0.2) is 0 Å². The van der Waals surface area contributed by atoms with Gasteiger partial charge in [-0.2, -0.15) is 10.4 Å². The zero-order valence-electron chi connectivity index (χ0n) is 18.8. The maximum absolute atomic E-state index is 14.4. The third-order valence-electron chi connectivity index (χ3n) is 5.55. The molecule has 4 rings (SSSR count). The van der Waals surface area contributed by atoms with Gasteiger partial charge in [0.2, 0.25) is 0 Å². The van der Waals surface area contributed by atoms with E-state index in [1.54, 1.807) is 19.9 Å². The molecule has 0 atom stereocenters. The number of rotatable bonds is 5. The number of nitrogens with one attached hydrogen (secondary N) is 1. The van der Waals surface area contributed by atoms with Crippen LogP contribution in [-0.2, 0) is 6.54 Å². The fourth-order valence-corrected chi connectivity index (χ4v) is 3.88. The molecule has 2 aromatic carbocycles. The van der Waals surface area contributed by atoms with Crippen molar-refractivity contribution in [3.63, 3.8) is 0 Å². The number of nitrogens with zero attached hydrogens (tertiary/aromatic N) is 4. The van der Waals surface area contributed by atoms with Crippen molar-refractivity contribution < 1.29 is 22.8 Å². The third kappa shape index (κ3) is 4.46. The number of aromatic nitrogens is 3. The van der Waals surface area contributed by atoms with Crippen molar-refractivity contribution >= 4 is 40.0 Å². The van der Waals surface area contributed by atoms with Crippen LogP contribution >= 0.6 is 11.6 Å². The fourth-order valence-electron chi connectivity index (χ4n) is 3.72. The van der Waals surface area contributed by atoms with Crippen molar-refractivity contribution in [2.45, 2.75) is 20.4 Å². The Hall–Kier alpha value is -4.43. The summed E-state index contributed by atoms with van der Waals surface area (Å²) in [6.45, 7) is 2.86. The summed E-state index contributed by atoms with van der Waals surface area (Å²) in [6, 6.07) is 6.87. The van der Waals surface area contributed by atoms with E-state index in [1.165, 1.54) is 10.7 Å². The Morgan fingerprint density at radius 3 is 2.39 bits per heavy atom. The molecule has 0 radical (unpaired) electrons. The Morgan fingerprint density at radius 2 is 1.78 bits per heavy atom. The normalized spacial score (nSPS) is 10.9. The van der Waals surface area contributed by atoms with Crippen LogP contribution in [0.4, 0.5) is 18.9 Å². The van der Waals surface area contributed by atoms with Crippen molar-refractivity contribution in [2.75, 3.05) is 5.32 Å². The quantitative estimate of drug-likeness (QED) is 0.410. The van der Waals surface area contributed by atoms with Crippen LogP contribution in [0.15, 0.2) is 30.3 Å². The highest BCUT2D eigenvalue weighted by Gasteiger charge is 2.22. The van der Waals surface area contributed by atoms with Gasteiger partial charge >= 0.3 is 0 Å². The molecule has 0 saturated carbocycles. The summed E-state index contributed by atoms with van der Waals surface area (Å²) in [5.41, 5.74) is 5.51. The van der Waals surface area contributed by atoms with Crippen LogP contribution in [-0.4, -0.2) is 26.6 Å². The van der Waals surface area contributed by atoms with Crippen molar-refractivity contribution in [2.24, 2.45) is 5.73 Å². The second-order valence-corrected chi connectivity index (χ2v) is 8.30. The summed E-state index contributed by atoms with van der Waals surface area (Å²) in [4.78, 5) is 28.9. The summed E-state index contributed by atoms with van der Waals surface area (Å²) < 4.78 is 44.0.